The summed E-state index contributed by atoms with van der Waals surface area (Å²) in [6.45, 7) is 2.62. The van der Waals surface area contributed by atoms with Gasteiger partial charge >= 0.3 is 0 Å². The third-order valence-corrected chi connectivity index (χ3v) is 2.66. The predicted octanol–water partition coefficient (Wildman–Crippen LogP) is 2.28. The second kappa shape index (κ2) is 3.22. The smallest absolute Gasteiger partial charge is 0.129 e. The molecule has 0 spiro atoms. The average molecular weight is 194 g/mol. The van der Waals surface area contributed by atoms with E-state index in [1.54, 1.807) is 6.20 Å². The van der Waals surface area contributed by atoms with Crippen molar-refractivity contribution in [2.24, 2.45) is 0 Å². The lowest BCUT2D eigenvalue weighted by Crippen LogP contribution is -1.92. The van der Waals surface area contributed by atoms with Gasteiger partial charge in [-0.1, -0.05) is 0 Å². The molecular formula is C9H10N2OS. The number of nitrogen functional groups attached to an aromatic ring is 1. The summed E-state index contributed by atoms with van der Waals surface area (Å²) >= 11 is 1.40. The van der Waals surface area contributed by atoms with Crippen LogP contribution in [0.4, 0.5) is 5.69 Å². The van der Waals surface area contributed by atoms with Crippen molar-refractivity contribution in [1.29, 1.82) is 0 Å². The second-order valence-corrected chi connectivity index (χ2v) is 3.46. The molecule has 0 bridgehead atoms. The molecule has 1 aromatic heterocycles. The first-order chi connectivity index (χ1) is 6.33. The largest absolute Gasteiger partial charge is 0.493 e. The summed E-state index contributed by atoms with van der Waals surface area (Å²) < 4.78 is 10.5. The Morgan fingerprint density at radius 2 is 2.38 bits per heavy atom. The van der Waals surface area contributed by atoms with Crippen molar-refractivity contribution >= 4 is 27.3 Å². The Labute approximate surface area is 80.3 Å². The van der Waals surface area contributed by atoms with E-state index in [1.165, 1.54) is 11.5 Å². The Morgan fingerprint density at radius 3 is 3.15 bits per heavy atom. The fourth-order valence-corrected chi connectivity index (χ4v) is 1.92. The molecule has 2 rings (SSSR count). The number of anilines is 1. The molecule has 0 saturated heterocycles. The topological polar surface area (TPSA) is 48.1 Å². The van der Waals surface area contributed by atoms with Crippen LogP contribution in [0.1, 0.15) is 6.92 Å². The van der Waals surface area contributed by atoms with Crippen LogP contribution in [0.15, 0.2) is 18.3 Å². The number of hydrogen-bond acceptors (Lipinski definition) is 4. The number of benzene rings is 1. The Bertz CT molecular complexity index is 424. The van der Waals surface area contributed by atoms with E-state index in [2.05, 4.69) is 4.37 Å². The molecule has 0 aliphatic rings. The molecule has 1 heterocycles. The van der Waals surface area contributed by atoms with E-state index < -0.39 is 0 Å². The zero-order chi connectivity index (χ0) is 9.26. The van der Waals surface area contributed by atoms with E-state index >= 15 is 0 Å². The van der Waals surface area contributed by atoms with Gasteiger partial charge in [-0.05, 0) is 30.6 Å². The van der Waals surface area contributed by atoms with E-state index in [9.17, 15) is 0 Å². The van der Waals surface area contributed by atoms with Crippen molar-refractivity contribution in [2.45, 2.75) is 6.92 Å². The highest BCUT2D eigenvalue weighted by Gasteiger charge is 2.06. The van der Waals surface area contributed by atoms with Crippen molar-refractivity contribution in [3.8, 4) is 5.75 Å². The van der Waals surface area contributed by atoms with Gasteiger partial charge in [-0.15, -0.1) is 0 Å². The number of fused-ring (bicyclic) bond motifs is 1. The average Bonchev–Trinajstić information content (AvgIpc) is 2.59. The maximum absolute atomic E-state index is 5.78. The van der Waals surface area contributed by atoms with E-state index in [0.29, 0.717) is 6.61 Å². The lowest BCUT2D eigenvalue weighted by Gasteiger charge is -2.04. The Kier molecular flexibility index (Phi) is 2.06. The van der Waals surface area contributed by atoms with Crippen LogP contribution in [0.25, 0.3) is 10.1 Å². The zero-order valence-electron chi connectivity index (χ0n) is 7.28. The summed E-state index contributed by atoms with van der Waals surface area (Å²) in [6.07, 6.45) is 1.79. The molecule has 0 amide bonds. The van der Waals surface area contributed by atoms with Crippen LogP contribution in [0.3, 0.4) is 0 Å². The minimum Gasteiger partial charge on any atom is -0.493 e. The van der Waals surface area contributed by atoms with Crippen LogP contribution < -0.4 is 10.5 Å². The molecule has 0 fully saturated rings. The Hall–Kier alpha value is -1.29. The molecule has 0 radical (unpaired) electrons. The van der Waals surface area contributed by atoms with E-state index in [1.807, 2.05) is 19.1 Å². The lowest BCUT2D eigenvalue weighted by molar-refractivity contribution is 0.344. The van der Waals surface area contributed by atoms with E-state index in [-0.39, 0.29) is 0 Å². The van der Waals surface area contributed by atoms with Gasteiger partial charge in [0.15, 0.2) is 0 Å². The van der Waals surface area contributed by atoms with E-state index in [4.69, 9.17) is 10.5 Å². The summed E-state index contributed by atoms with van der Waals surface area (Å²) in [5.74, 6) is 0.862. The third kappa shape index (κ3) is 1.33. The summed E-state index contributed by atoms with van der Waals surface area (Å²) in [4.78, 5) is 0. The minimum absolute atomic E-state index is 0.662. The van der Waals surface area contributed by atoms with Gasteiger partial charge < -0.3 is 10.5 Å². The highest BCUT2D eigenvalue weighted by Crippen LogP contribution is 2.32. The van der Waals surface area contributed by atoms with Gasteiger partial charge in [0.25, 0.3) is 0 Å². The number of ether oxygens (including phenoxy) is 1. The molecular weight excluding hydrogens is 184 g/mol. The van der Waals surface area contributed by atoms with Crippen molar-refractivity contribution in [1.82, 2.24) is 4.37 Å². The first-order valence-electron chi connectivity index (χ1n) is 4.08. The number of nitrogens with two attached hydrogens (primary N) is 1. The fraction of sp³-hybridized carbons (Fsp3) is 0.222. The predicted molar refractivity (Wildman–Crippen MR) is 55.2 cm³/mol. The van der Waals surface area contributed by atoms with Gasteiger partial charge in [0, 0.05) is 0 Å². The molecule has 0 aliphatic carbocycles. The fourth-order valence-electron chi connectivity index (χ4n) is 1.24. The quantitative estimate of drug-likeness (QED) is 0.746. The van der Waals surface area contributed by atoms with Crippen LogP contribution in [-0.4, -0.2) is 11.0 Å². The van der Waals surface area contributed by atoms with Crippen LogP contribution >= 0.6 is 11.5 Å². The maximum Gasteiger partial charge on any atom is 0.129 e. The molecule has 68 valence electrons. The second-order valence-electron chi connectivity index (χ2n) is 2.65. The molecule has 2 aromatic rings. The Morgan fingerprint density at radius 1 is 1.54 bits per heavy atom. The normalized spacial score (nSPS) is 10.5. The van der Waals surface area contributed by atoms with Crippen molar-refractivity contribution < 1.29 is 4.74 Å². The number of hydrogen-bond donors (Lipinski definition) is 1. The molecule has 0 unspecified atom stereocenters. The van der Waals surface area contributed by atoms with Gasteiger partial charge in [0.1, 0.15) is 5.75 Å². The van der Waals surface area contributed by atoms with Crippen molar-refractivity contribution in [3.63, 3.8) is 0 Å². The van der Waals surface area contributed by atoms with Gasteiger partial charge in [-0.25, -0.2) is 0 Å². The third-order valence-electron chi connectivity index (χ3n) is 1.81. The van der Waals surface area contributed by atoms with Gasteiger partial charge in [0.2, 0.25) is 0 Å². The Balaban J connectivity index is 2.64. The van der Waals surface area contributed by atoms with E-state index in [0.717, 1.165) is 21.5 Å². The highest BCUT2D eigenvalue weighted by atomic mass is 32.1. The molecule has 13 heavy (non-hydrogen) atoms. The minimum atomic E-state index is 0.662. The van der Waals surface area contributed by atoms with Crippen LogP contribution in [0, 0.1) is 0 Å². The van der Waals surface area contributed by atoms with Crippen LogP contribution in [0.2, 0.25) is 0 Å². The van der Waals surface area contributed by atoms with Gasteiger partial charge in [-0.2, -0.15) is 4.37 Å². The maximum atomic E-state index is 5.78. The summed E-state index contributed by atoms with van der Waals surface area (Å²) in [7, 11) is 0. The molecule has 2 N–H and O–H groups in total. The molecule has 0 aliphatic heterocycles. The number of rotatable bonds is 2. The molecule has 0 atom stereocenters. The zero-order valence-corrected chi connectivity index (χ0v) is 8.10. The lowest BCUT2D eigenvalue weighted by atomic mass is 10.2. The van der Waals surface area contributed by atoms with Gasteiger partial charge in [0.05, 0.1) is 28.6 Å². The standard InChI is InChI=1S/C9H10N2OS/c1-2-12-8-4-3-7(10)9-6(8)5-11-13-9/h3-5H,2,10H2,1H3. The first kappa shape index (κ1) is 8.31. The SMILES string of the molecule is CCOc1ccc(N)c2sncc12. The molecule has 4 heteroatoms. The van der Waals surface area contributed by atoms with Gasteiger partial charge in [-0.3, -0.25) is 0 Å². The molecule has 0 saturated carbocycles. The van der Waals surface area contributed by atoms with Crippen LogP contribution in [0.5, 0.6) is 5.75 Å². The van der Waals surface area contributed by atoms with Crippen molar-refractivity contribution in [2.75, 3.05) is 12.3 Å². The molecule has 1 aromatic carbocycles. The highest BCUT2D eigenvalue weighted by molar-refractivity contribution is 7.14. The van der Waals surface area contributed by atoms with Crippen molar-refractivity contribution in [3.05, 3.63) is 18.3 Å². The summed E-state index contributed by atoms with van der Waals surface area (Å²) in [5.41, 5.74) is 6.55. The van der Waals surface area contributed by atoms with Crippen LogP contribution in [-0.2, 0) is 0 Å². The summed E-state index contributed by atoms with van der Waals surface area (Å²) in [6, 6.07) is 3.74. The summed E-state index contributed by atoms with van der Waals surface area (Å²) in [5, 5.41) is 1.01. The monoisotopic (exact) mass is 194 g/mol. The molecule has 3 nitrogen and oxygen atoms in total. The number of aromatic nitrogens is 1. The number of nitrogens with zero attached hydrogens (tertiary/aromatic N) is 1. The first-order valence-corrected chi connectivity index (χ1v) is 4.86.